The van der Waals surface area contributed by atoms with Crippen molar-refractivity contribution in [1.29, 1.82) is 0 Å². The monoisotopic (exact) mass is 399 g/mol. The van der Waals surface area contributed by atoms with E-state index in [9.17, 15) is 13.2 Å². The van der Waals surface area contributed by atoms with Gasteiger partial charge in [-0.2, -0.15) is 0 Å². The molecule has 1 atom stereocenters. The fourth-order valence-corrected chi connectivity index (χ4v) is 4.86. The Hall–Kier alpha value is -2.22. The lowest BCUT2D eigenvalue weighted by Crippen LogP contribution is -2.49. The smallest absolute Gasteiger partial charge is 0.254 e. The van der Waals surface area contributed by atoms with Gasteiger partial charge < -0.3 is 9.80 Å². The average Bonchev–Trinajstić information content (AvgIpc) is 3.51. The molecule has 148 valence electrons. The zero-order valence-corrected chi connectivity index (χ0v) is 16.7. The Labute approximate surface area is 166 Å². The summed E-state index contributed by atoms with van der Waals surface area (Å²) in [5, 5.41) is 0. The average molecular weight is 400 g/mol. The van der Waals surface area contributed by atoms with Crippen LogP contribution >= 0.6 is 0 Å². The van der Waals surface area contributed by atoms with E-state index in [1.165, 1.54) is 12.1 Å². The summed E-state index contributed by atoms with van der Waals surface area (Å²) in [5.41, 5.74) is 1.62. The van der Waals surface area contributed by atoms with Gasteiger partial charge in [0.25, 0.3) is 5.91 Å². The van der Waals surface area contributed by atoms with Gasteiger partial charge >= 0.3 is 0 Å². The molecule has 1 heterocycles. The lowest BCUT2D eigenvalue weighted by atomic mass is 10.0. The van der Waals surface area contributed by atoms with Crippen LogP contribution in [0, 0.1) is 0 Å². The van der Waals surface area contributed by atoms with E-state index in [0.717, 1.165) is 31.5 Å². The largest absolute Gasteiger partial charge is 0.329 e. The zero-order chi connectivity index (χ0) is 19.7. The molecule has 7 heteroatoms. The minimum Gasteiger partial charge on any atom is -0.329 e. The molecule has 1 saturated carbocycles. The molecule has 0 aromatic heterocycles. The van der Waals surface area contributed by atoms with Crippen LogP contribution in [-0.4, -0.2) is 56.8 Å². The van der Waals surface area contributed by atoms with Gasteiger partial charge in [-0.3, -0.25) is 4.79 Å². The Bertz CT molecular complexity index is 941. The predicted octanol–water partition coefficient (Wildman–Crippen LogP) is 2.26. The molecule has 1 unspecified atom stereocenters. The molecule has 1 aliphatic carbocycles. The molecule has 1 amide bonds. The van der Waals surface area contributed by atoms with E-state index >= 15 is 0 Å². The lowest BCUT2D eigenvalue weighted by molar-refractivity contribution is 0.0498. The molecular weight excluding hydrogens is 374 g/mol. The predicted molar refractivity (Wildman–Crippen MR) is 108 cm³/mol. The first-order valence-electron chi connectivity index (χ1n) is 9.61. The molecule has 6 nitrogen and oxygen atoms in total. The Balaban J connectivity index is 1.55. The SMILES string of the molecule is CN1CCN(C(=O)c2ccc(S(=O)(=O)NC3CC3)cc2)C(c2ccccc2)C1. The maximum Gasteiger partial charge on any atom is 0.254 e. The van der Waals surface area contributed by atoms with Crippen molar-refractivity contribution in [2.45, 2.75) is 29.8 Å². The number of likely N-dealkylation sites (N-methyl/N-ethyl adjacent to an activating group) is 1. The van der Waals surface area contributed by atoms with Crippen molar-refractivity contribution >= 4 is 15.9 Å². The minimum atomic E-state index is -3.51. The molecule has 1 saturated heterocycles. The molecule has 0 bridgehead atoms. The van der Waals surface area contributed by atoms with Crippen molar-refractivity contribution in [3.8, 4) is 0 Å². The number of piperazine rings is 1. The van der Waals surface area contributed by atoms with Crippen molar-refractivity contribution in [3.05, 3.63) is 65.7 Å². The van der Waals surface area contributed by atoms with E-state index in [1.807, 2.05) is 35.2 Å². The summed E-state index contributed by atoms with van der Waals surface area (Å²) in [6.45, 7) is 2.22. The van der Waals surface area contributed by atoms with Crippen LogP contribution in [0.2, 0.25) is 0 Å². The second-order valence-corrected chi connectivity index (χ2v) is 9.32. The Morgan fingerprint density at radius 1 is 1.00 bits per heavy atom. The Kier molecular flexibility index (Phi) is 5.23. The number of nitrogens with one attached hydrogen (secondary N) is 1. The molecule has 4 rings (SSSR count). The van der Waals surface area contributed by atoms with Gasteiger partial charge in [0.2, 0.25) is 10.0 Å². The van der Waals surface area contributed by atoms with E-state index < -0.39 is 10.0 Å². The number of amides is 1. The molecule has 1 aliphatic heterocycles. The Morgan fingerprint density at radius 2 is 1.68 bits per heavy atom. The first-order valence-corrected chi connectivity index (χ1v) is 11.1. The number of benzene rings is 2. The van der Waals surface area contributed by atoms with Crippen molar-refractivity contribution in [3.63, 3.8) is 0 Å². The zero-order valence-electron chi connectivity index (χ0n) is 15.9. The summed E-state index contributed by atoms with van der Waals surface area (Å²) >= 11 is 0. The van der Waals surface area contributed by atoms with Crippen molar-refractivity contribution in [1.82, 2.24) is 14.5 Å². The van der Waals surface area contributed by atoms with Gasteiger partial charge in [0.15, 0.2) is 0 Å². The molecular formula is C21H25N3O3S. The molecule has 1 N–H and O–H groups in total. The highest BCUT2D eigenvalue weighted by Crippen LogP contribution is 2.27. The van der Waals surface area contributed by atoms with Crippen molar-refractivity contribution in [2.75, 3.05) is 26.7 Å². The topological polar surface area (TPSA) is 69.7 Å². The maximum atomic E-state index is 13.2. The highest BCUT2D eigenvalue weighted by Gasteiger charge is 2.31. The number of carbonyl (C=O) groups is 1. The van der Waals surface area contributed by atoms with Gasteiger partial charge in [0.1, 0.15) is 0 Å². The molecule has 28 heavy (non-hydrogen) atoms. The van der Waals surface area contributed by atoms with Crippen LogP contribution in [0.3, 0.4) is 0 Å². The third-order valence-corrected chi connectivity index (χ3v) is 6.88. The summed E-state index contributed by atoms with van der Waals surface area (Å²) in [7, 11) is -1.45. The molecule has 2 aromatic carbocycles. The summed E-state index contributed by atoms with van der Waals surface area (Å²) in [6.07, 6.45) is 1.78. The van der Waals surface area contributed by atoms with Crippen LogP contribution < -0.4 is 4.72 Å². The van der Waals surface area contributed by atoms with E-state index in [2.05, 4.69) is 16.7 Å². The summed E-state index contributed by atoms with van der Waals surface area (Å²) in [4.78, 5) is 17.5. The van der Waals surface area contributed by atoms with Gasteiger partial charge in [-0.1, -0.05) is 30.3 Å². The number of nitrogens with zero attached hydrogens (tertiary/aromatic N) is 2. The van der Waals surface area contributed by atoms with Crippen LogP contribution in [0.4, 0.5) is 0 Å². The van der Waals surface area contributed by atoms with Crippen LogP contribution in [-0.2, 0) is 10.0 Å². The first kappa shape index (κ1) is 19.1. The maximum absolute atomic E-state index is 13.2. The number of hydrogen-bond donors (Lipinski definition) is 1. The van der Waals surface area contributed by atoms with E-state index in [1.54, 1.807) is 12.1 Å². The third kappa shape index (κ3) is 4.11. The van der Waals surface area contributed by atoms with Crippen LogP contribution in [0.25, 0.3) is 0 Å². The fraction of sp³-hybridized carbons (Fsp3) is 0.381. The van der Waals surface area contributed by atoms with Crippen LogP contribution in [0.15, 0.2) is 59.5 Å². The highest BCUT2D eigenvalue weighted by molar-refractivity contribution is 7.89. The van der Waals surface area contributed by atoms with Crippen LogP contribution in [0.1, 0.15) is 34.8 Å². The van der Waals surface area contributed by atoms with Gasteiger partial charge in [0.05, 0.1) is 10.9 Å². The first-order chi connectivity index (χ1) is 13.4. The molecule has 0 spiro atoms. The standard InChI is InChI=1S/C21H25N3O3S/c1-23-13-14-24(20(15-23)16-5-3-2-4-6-16)21(25)17-7-11-19(12-8-17)28(26,27)22-18-9-10-18/h2-8,11-12,18,20,22H,9-10,13-15H2,1H3. The van der Waals surface area contributed by atoms with Gasteiger partial charge in [-0.05, 0) is 49.7 Å². The Morgan fingerprint density at radius 3 is 2.32 bits per heavy atom. The van der Waals surface area contributed by atoms with Crippen LogP contribution in [0.5, 0.6) is 0 Å². The van der Waals surface area contributed by atoms with E-state index in [4.69, 9.17) is 0 Å². The quantitative estimate of drug-likeness (QED) is 0.837. The van der Waals surface area contributed by atoms with E-state index in [0.29, 0.717) is 12.1 Å². The van der Waals surface area contributed by atoms with Crippen molar-refractivity contribution < 1.29 is 13.2 Å². The summed E-state index contributed by atoms with van der Waals surface area (Å²) in [5.74, 6) is -0.0685. The minimum absolute atomic E-state index is 0.0209. The number of hydrogen-bond acceptors (Lipinski definition) is 4. The number of carbonyl (C=O) groups excluding carboxylic acids is 1. The van der Waals surface area contributed by atoms with Gasteiger partial charge in [-0.25, -0.2) is 13.1 Å². The lowest BCUT2D eigenvalue weighted by Gasteiger charge is -2.40. The third-order valence-electron chi connectivity index (χ3n) is 5.34. The van der Waals surface area contributed by atoms with Gasteiger partial charge in [-0.15, -0.1) is 0 Å². The molecule has 2 aliphatic rings. The highest BCUT2D eigenvalue weighted by atomic mass is 32.2. The summed E-state index contributed by atoms with van der Waals surface area (Å²) < 4.78 is 27.3. The molecule has 0 radical (unpaired) electrons. The van der Waals surface area contributed by atoms with E-state index in [-0.39, 0.29) is 22.9 Å². The summed E-state index contributed by atoms with van der Waals surface area (Å²) in [6, 6.07) is 16.3. The number of rotatable bonds is 5. The second-order valence-electron chi connectivity index (χ2n) is 7.61. The molecule has 2 fully saturated rings. The van der Waals surface area contributed by atoms with Crippen molar-refractivity contribution in [2.24, 2.45) is 0 Å². The fourth-order valence-electron chi connectivity index (χ4n) is 3.55. The number of sulfonamides is 1. The van der Waals surface area contributed by atoms with Gasteiger partial charge in [0, 0.05) is 31.2 Å². The second kappa shape index (κ2) is 7.66. The normalized spacial score (nSPS) is 20.9. The molecule has 2 aromatic rings.